The van der Waals surface area contributed by atoms with Crippen molar-refractivity contribution < 1.29 is 17.2 Å². The van der Waals surface area contributed by atoms with Gasteiger partial charge in [-0.25, -0.2) is 12.6 Å². The predicted molar refractivity (Wildman–Crippen MR) is 80.3 cm³/mol. The smallest absolute Gasteiger partial charge is 0.244 e. The van der Waals surface area contributed by atoms with Crippen molar-refractivity contribution in [1.82, 2.24) is 9.62 Å². The van der Waals surface area contributed by atoms with Gasteiger partial charge < -0.3 is 4.55 Å². The lowest BCUT2D eigenvalue weighted by Crippen LogP contribution is -2.40. The highest BCUT2D eigenvalue weighted by Gasteiger charge is 2.33. The van der Waals surface area contributed by atoms with Crippen molar-refractivity contribution in [1.29, 1.82) is 0 Å². The molecule has 1 aromatic rings. The van der Waals surface area contributed by atoms with E-state index in [9.17, 15) is 12.6 Å². The van der Waals surface area contributed by atoms with E-state index in [1.54, 1.807) is 0 Å². The second-order valence-corrected chi connectivity index (χ2v) is 7.35. The third kappa shape index (κ3) is 3.30. The average molecular weight is 334 g/mol. The molecule has 0 spiro atoms. The molecule has 20 heavy (non-hydrogen) atoms. The minimum absolute atomic E-state index is 0.0197. The van der Waals surface area contributed by atoms with Crippen LogP contribution in [0.5, 0.6) is 0 Å². The van der Waals surface area contributed by atoms with Crippen molar-refractivity contribution in [3.63, 3.8) is 0 Å². The van der Waals surface area contributed by atoms with E-state index in [-0.39, 0.29) is 10.6 Å². The van der Waals surface area contributed by atoms with Gasteiger partial charge in [0.2, 0.25) is 10.0 Å². The molecule has 0 saturated carbocycles. The molecule has 1 aromatic carbocycles. The zero-order chi connectivity index (χ0) is 14.8. The van der Waals surface area contributed by atoms with Gasteiger partial charge in [0, 0.05) is 18.5 Å². The van der Waals surface area contributed by atoms with Gasteiger partial charge in [0.1, 0.15) is 6.17 Å². The number of benzene rings is 1. The Bertz CT molecular complexity index is 615. The summed E-state index contributed by atoms with van der Waals surface area (Å²) in [5, 5.41) is 4.37. The van der Waals surface area contributed by atoms with Crippen molar-refractivity contribution in [2.24, 2.45) is 0 Å². The summed E-state index contributed by atoms with van der Waals surface area (Å²) in [7, 11) is -3.61. The summed E-state index contributed by atoms with van der Waals surface area (Å²) in [5.74, 6) is -0.0197. The molecule has 2 unspecified atom stereocenters. The summed E-state index contributed by atoms with van der Waals surface area (Å²) in [6.45, 7) is 0.918. The van der Waals surface area contributed by atoms with E-state index < -0.39 is 27.3 Å². The Morgan fingerprint density at radius 3 is 2.65 bits per heavy atom. The lowest BCUT2D eigenvalue weighted by Gasteiger charge is -2.20. The van der Waals surface area contributed by atoms with Crippen molar-refractivity contribution in [2.75, 3.05) is 13.1 Å². The fraction of sp³-hybridized carbons (Fsp3) is 0.364. The third-order valence-corrected chi connectivity index (χ3v) is 5.68. The fourth-order valence-corrected chi connectivity index (χ4v) is 4.30. The Hall–Kier alpha value is -0.710. The maximum Gasteiger partial charge on any atom is 0.244 e. The van der Waals surface area contributed by atoms with Crippen LogP contribution in [-0.4, -0.2) is 46.1 Å². The lowest BCUT2D eigenvalue weighted by atomic mass is 10.2. The topological polar surface area (TPSA) is 86.7 Å². The standard InChI is InChI=1S/C11H14N2O4S3/c14-19(15)8-9-1-3-10(4-2-9)20(16,17)13-6-5-12-11(13)7-18/h1-4,7,11-12H,5-6,8H2,(H,14,15). The Labute approximate surface area is 125 Å². The highest BCUT2D eigenvalue weighted by Crippen LogP contribution is 2.20. The summed E-state index contributed by atoms with van der Waals surface area (Å²) in [5.41, 5.74) is 0.607. The highest BCUT2D eigenvalue weighted by molar-refractivity contribution is 7.89. The molecule has 0 bridgehead atoms. The van der Waals surface area contributed by atoms with E-state index in [0.717, 1.165) is 0 Å². The molecule has 1 aliphatic rings. The molecule has 1 aliphatic heterocycles. The zero-order valence-corrected chi connectivity index (χ0v) is 12.9. The number of thiocarbonyl (C=S) groups is 1. The van der Waals surface area contributed by atoms with E-state index in [1.807, 2.05) is 0 Å². The Balaban J connectivity index is 2.25. The fourth-order valence-electron chi connectivity index (χ4n) is 1.98. The molecule has 6 nitrogen and oxygen atoms in total. The molecule has 9 heteroatoms. The first kappa shape index (κ1) is 15.7. The molecule has 2 N–H and O–H groups in total. The monoisotopic (exact) mass is 334 g/mol. The molecule has 0 radical (unpaired) electrons. The summed E-state index contributed by atoms with van der Waals surface area (Å²) < 4.78 is 45.7. The van der Waals surface area contributed by atoms with E-state index in [0.29, 0.717) is 18.7 Å². The van der Waals surface area contributed by atoms with Crippen molar-refractivity contribution in [2.45, 2.75) is 16.8 Å². The average Bonchev–Trinajstić information content (AvgIpc) is 2.87. The van der Waals surface area contributed by atoms with Crippen LogP contribution in [0, 0.1) is 0 Å². The van der Waals surface area contributed by atoms with Crippen LogP contribution in [0.3, 0.4) is 0 Å². The van der Waals surface area contributed by atoms with Crippen LogP contribution < -0.4 is 5.32 Å². The van der Waals surface area contributed by atoms with Gasteiger partial charge in [-0.1, -0.05) is 24.4 Å². The molecule has 2 rings (SSSR count). The van der Waals surface area contributed by atoms with Crippen LogP contribution in [0.15, 0.2) is 29.2 Å². The molecular weight excluding hydrogens is 320 g/mol. The molecule has 1 saturated heterocycles. The van der Waals surface area contributed by atoms with Crippen LogP contribution in [0.4, 0.5) is 0 Å². The van der Waals surface area contributed by atoms with E-state index in [1.165, 1.54) is 33.9 Å². The Morgan fingerprint density at radius 2 is 2.10 bits per heavy atom. The Morgan fingerprint density at radius 1 is 1.45 bits per heavy atom. The molecule has 1 heterocycles. The van der Waals surface area contributed by atoms with E-state index in [4.69, 9.17) is 16.8 Å². The Kier molecular flexibility index (Phi) is 4.99. The summed E-state index contributed by atoms with van der Waals surface area (Å²) in [6.07, 6.45) is -0.473. The number of sulfonamides is 1. The third-order valence-electron chi connectivity index (χ3n) is 2.94. The maximum absolute atomic E-state index is 12.4. The van der Waals surface area contributed by atoms with Crippen molar-refractivity contribution in [3.8, 4) is 0 Å². The van der Waals surface area contributed by atoms with Crippen LogP contribution in [0.2, 0.25) is 0 Å². The molecule has 0 aromatic heterocycles. The molecule has 110 valence electrons. The molecule has 1 fully saturated rings. The highest BCUT2D eigenvalue weighted by atomic mass is 32.2. The first-order valence-corrected chi connectivity index (χ1v) is 9.01. The summed E-state index contributed by atoms with van der Waals surface area (Å²) >= 11 is 2.88. The predicted octanol–water partition coefficient (Wildman–Crippen LogP) is 0.328. The minimum atomic E-state index is -3.61. The number of hydrogen-bond donors (Lipinski definition) is 2. The molecule has 0 aliphatic carbocycles. The van der Waals surface area contributed by atoms with Gasteiger partial charge in [-0.3, -0.25) is 5.32 Å². The minimum Gasteiger partial charge on any atom is -0.306 e. The van der Waals surface area contributed by atoms with Crippen LogP contribution in [0.1, 0.15) is 5.56 Å². The normalized spacial score (nSPS) is 21.8. The number of hydrogen-bond acceptors (Lipinski definition) is 5. The summed E-state index contributed by atoms with van der Waals surface area (Å²) in [4.78, 5) is 0.149. The SMILES string of the molecule is O=S(O)Cc1ccc(S(=O)(=O)N2CCNC2C=S)cc1. The number of nitrogens with one attached hydrogen (secondary N) is 1. The molecule has 2 atom stereocenters. The number of nitrogens with zero attached hydrogens (tertiary/aromatic N) is 1. The lowest BCUT2D eigenvalue weighted by molar-refractivity contribution is 0.441. The van der Waals surface area contributed by atoms with Gasteiger partial charge in [-0.15, -0.1) is 0 Å². The van der Waals surface area contributed by atoms with Crippen molar-refractivity contribution >= 4 is 38.7 Å². The van der Waals surface area contributed by atoms with Gasteiger partial charge in [-0.05, 0) is 17.7 Å². The quantitative estimate of drug-likeness (QED) is 0.596. The van der Waals surface area contributed by atoms with E-state index in [2.05, 4.69) is 5.32 Å². The van der Waals surface area contributed by atoms with Gasteiger partial charge in [0.05, 0.1) is 10.6 Å². The number of rotatable bonds is 5. The molecule has 0 amide bonds. The van der Waals surface area contributed by atoms with Crippen LogP contribution in [-0.2, 0) is 26.9 Å². The maximum atomic E-state index is 12.4. The second-order valence-electron chi connectivity index (χ2n) is 4.26. The van der Waals surface area contributed by atoms with Crippen LogP contribution >= 0.6 is 12.2 Å². The summed E-state index contributed by atoms with van der Waals surface area (Å²) in [6, 6.07) is 5.96. The van der Waals surface area contributed by atoms with Gasteiger partial charge >= 0.3 is 0 Å². The first-order chi connectivity index (χ1) is 9.45. The van der Waals surface area contributed by atoms with Crippen LogP contribution in [0.25, 0.3) is 0 Å². The second kappa shape index (κ2) is 6.37. The molecular formula is C11H14N2O4S3. The van der Waals surface area contributed by atoms with E-state index >= 15 is 0 Å². The largest absolute Gasteiger partial charge is 0.306 e. The van der Waals surface area contributed by atoms with Gasteiger partial charge in [0.25, 0.3) is 0 Å². The first-order valence-electron chi connectivity index (χ1n) is 5.82. The van der Waals surface area contributed by atoms with Gasteiger partial charge in [-0.2, -0.15) is 4.31 Å². The van der Waals surface area contributed by atoms with Gasteiger partial charge in [0.15, 0.2) is 11.1 Å². The zero-order valence-electron chi connectivity index (χ0n) is 10.4. The van der Waals surface area contributed by atoms with Crippen molar-refractivity contribution in [3.05, 3.63) is 29.8 Å².